The van der Waals surface area contributed by atoms with Crippen LogP contribution in [-0.4, -0.2) is 14.8 Å². The normalized spacial score (nSPS) is 14.8. The average molecular weight is 348 g/mol. The van der Waals surface area contributed by atoms with Gasteiger partial charge in [0.1, 0.15) is 4.83 Å². The van der Waals surface area contributed by atoms with Crippen LogP contribution in [-0.2, 0) is 19.4 Å². The lowest BCUT2D eigenvalue weighted by Crippen LogP contribution is -2.24. The van der Waals surface area contributed by atoms with Crippen LogP contribution in [0.15, 0.2) is 9.95 Å². The number of hydrogen-bond acceptors (Lipinski definition) is 5. The molecule has 122 valence electrons. The third kappa shape index (κ3) is 3.17. The molecule has 3 rings (SSSR count). The Balaban J connectivity index is 2.10. The number of aryl methyl sites for hydroxylation is 2. The summed E-state index contributed by atoms with van der Waals surface area (Å²) in [6.07, 6.45) is 6.42. The number of nitrogens with zero attached hydrogens (tertiary/aromatic N) is 3. The van der Waals surface area contributed by atoms with Crippen LogP contribution in [0.5, 0.6) is 0 Å². The molecule has 0 aliphatic heterocycles. The summed E-state index contributed by atoms with van der Waals surface area (Å²) in [5.41, 5.74) is 1.33. The Bertz CT molecular complexity index is 816. The first-order valence-corrected chi connectivity index (χ1v) is 9.96. The molecule has 0 saturated carbocycles. The molecule has 1 unspecified atom stereocenters. The van der Waals surface area contributed by atoms with Crippen molar-refractivity contribution >= 4 is 33.3 Å². The number of unbranched alkanes of at least 4 members (excludes halogenated alkanes) is 2. The third-order valence-corrected chi connectivity index (χ3v) is 6.41. The summed E-state index contributed by atoms with van der Waals surface area (Å²) in [5, 5.41) is 10.4. The molecule has 0 amide bonds. The predicted molar refractivity (Wildman–Crippen MR) is 96.4 cm³/mol. The maximum atomic E-state index is 13.1. The van der Waals surface area contributed by atoms with Gasteiger partial charge in [-0.15, -0.1) is 11.3 Å². The molecule has 23 heavy (non-hydrogen) atoms. The highest BCUT2D eigenvalue weighted by Gasteiger charge is 2.23. The van der Waals surface area contributed by atoms with Crippen molar-refractivity contribution in [2.24, 2.45) is 0 Å². The standard InChI is InChI=1S/C17H21N3OS2/c1-3-4-5-9-20-16(21)14-12-7-6-8-13(12)23-15(14)19-17(20)22-11(2)10-18/h11H,3-9H2,1-2H3. The number of thioether (sulfide) groups is 1. The van der Waals surface area contributed by atoms with Crippen molar-refractivity contribution in [2.75, 3.05) is 0 Å². The fourth-order valence-electron chi connectivity index (χ4n) is 3.05. The lowest BCUT2D eigenvalue weighted by Gasteiger charge is -2.12. The third-order valence-electron chi connectivity index (χ3n) is 4.24. The number of nitriles is 1. The number of fused-ring (bicyclic) bond motifs is 3. The number of rotatable bonds is 6. The van der Waals surface area contributed by atoms with Crippen LogP contribution >= 0.6 is 23.1 Å². The fraction of sp³-hybridized carbons (Fsp3) is 0.588. The molecule has 4 nitrogen and oxygen atoms in total. The second-order valence-electron chi connectivity index (χ2n) is 5.98. The first-order chi connectivity index (χ1) is 11.2. The summed E-state index contributed by atoms with van der Waals surface area (Å²) in [4.78, 5) is 20.0. The molecule has 0 fully saturated rings. The zero-order valence-corrected chi connectivity index (χ0v) is 15.2. The zero-order chi connectivity index (χ0) is 16.4. The van der Waals surface area contributed by atoms with E-state index in [0.717, 1.165) is 48.7 Å². The Morgan fingerprint density at radius 1 is 1.43 bits per heavy atom. The van der Waals surface area contributed by atoms with Crippen LogP contribution in [0.25, 0.3) is 10.2 Å². The molecule has 0 radical (unpaired) electrons. The Labute approximate surface area is 144 Å². The van der Waals surface area contributed by atoms with E-state index in [9.17, 15) is 4.79 Å². The molecule has 0 bridgehead atoms. The van der Waals surface area contributed by atoms with E-state index in [1.54, 1.807) is 11.3 Å². The van der Waals surface area contributed by atoms with Crippen molar-refractivity contribution in [3.63, 3.8) is 0 Å². The first kappa shape index (κ1) is 16.5. The monoisotopic (exact) mass is 347 g/mol. The molecule has 2 aromatic heterocycles. The largest absolute Gasteiger partial charge is 0.287 e. The van der Waals surface area contributed by atoms with E-state index in [1.807, 2.05) is 11.5 Å². The molecular formula is C17H21N3OS2. The Morgan fingerprint density at radius 2 is 2.26 bits per heavy atom. The van der Waals surface area contributed by atoms with E-state index in [2.05, 4.69) is 13.0 Å². The highest BCUT2D eigenvalue weighted by atomic mass is 32.2. The number of hydrogen-bond donors (Lipinski definition) is 0. The summed E-state index contributed by atoms with van der Waals surface area (Å²) >= 11 is 3.06. The van der Waals surface area contributed by atoms with Gasteiger partial charge in [-0.2, -0.15) is 5.26 Å². The zero-order valence-electron chi connectivity index (χ0n) is 13.6. The second-order valence-corrected chi connectivity index (χ2v) is 8.38. The van der Waals surface area contributed by atoms with Crippen LogP contribution in [0.1, 0.15) is 50.0 Å². The summed E-state index contributed by atoms with van der Waals surface area (Å²) < 4.78 is 1.81. The summed E-state index contributed by atoms with van der Waals surface area (Å²) in [6, 6.07) is 2.23. The highest BCUT2D eigenvalue weighted by molar-refractivity contribution is 8.00. The molecule has 6 heteroatoms. The minimum Gasteiger partial charge on any atom is -0.287 e. The summed E-state index contributed by atoms with van der Waals surface area (Å²) in [5.74, 6) is 0. The minimum atomic E-state index is -0.205. The molecule has 0 N–H and O–H groups in total. The second kappa shape index (κ2) is 7.06. The van der Waals surface area contributed by atoms with Crippen LogP contribution in [0.3, 0.4) is 0 Å². The molecule has 1 aliphatic rings. The molecule has 0 aromatic carbocycles. The van der Waals surface area contributed by atoms with Crippen molar-refractivity contribution in [2.45, 2.75) is 69.3 Å². The quantitative estimate of drug-likeness (QED) is 0.448. The molecule has 2 heterocycles. The molecule has 1 atom stereocenters. The van der Waals surface area contributed by atoms with E-state index in [1.165, 1.54) is 22.2 Å². The molecule has 0 saturated heterocycles. The maximum absolute atomic E-state index is 13.1. The van der Waals surface area contributed by atoms with Gasteiger partial charge in [-0.25, -0.2) is 4.98 Å². The van der Waals surface area contributed by atoms with Crippen molar-refractivity contribution in [1.82, 2.24) is 9.55 Å². The lowest BCUT2D eigenvalue weighted by atomic mass is 10.2. The van der Waals surface area contributed by atoms with E-state index in [0.29, 0.717) is 11.7 Å². The predicted octanol–water partition coefficient (Wildman–Crippen LogP) is 4.14. The van der Waals surface area contributed by atoms with Gasteiger partial charge in [-0.05, 0) is 38.2 Å². The van der Waals surface area contributed by atoms with Crippen LogP contribution in [0.4, 0.5) is 0 Å². The van der Waals surface area contributed by atoms with Crippen molar-refractivity contribution in [1.29, 1.82) is 5.26 Å². The van der Waals surface area contributed by atoms with E-state index in [4.69, 9.17) is 10.2 Å². The van der Waals surface area contributed by atoms with E-state index >= 15 is 0 Å². The van der Waals surface area contributed by atoms with E-state index in [-0.39, 0.29) is 10.8 Å². The summed E-state index contributed by atoms with van der Waals surface area (Å²) in [6.45, 7) is 4.70. The molecular weight excluding hydrogens is 326 g/mol. The van der Waals surface area contributed by atoms with Gasteiger partial charge in [0.15, 0.2) is 5.16 Å². The van der Waals surface area contributed by atoms with Gasteiger partial charge in [0.2, 0.25) is 0 Å². The van der Waals surface area contributed by atoms with Crippen LogP contribution in [0, 0.1) is 11.3 Å². The van der Waals surface area contributed by atoms with Gasteiger partial charge in [0.05, 0.1) is 16.7 Å². The fourth-order valence-corrected chi connectivity index (χ4v) is 5.17. The van der Waals surface area contributed by atoms with Crippen LogP contribution < -0.4 is 5.56 Å². The van der Waals surface area contributed by atoms with E-state index < -0.39 is 0 Å². The van der Waals surface area contributed by atoms with Gasteiger partial charge in [-0.3, -0.25) is 9.36 Å². The molecule has 1 aliphatic carbocycles. The van der Waals surface area contributed by atoms with Gasteiger partial charge < -0.3 is 0 Å². The number of thiophene rings is 1. The van der Waals surface area contributed by atoms with Crippen molar-refractivity contribution < 1.29 is 0 Å². The van der Waals surface area contributed by atoms with Gasteiger partial charge in [0.25, 0.3) is 5.56 Å². The Kier molecular flexibility index (Phi) is 5.08. The van der Waals surface area contributed by atoms with Crippen molar-refractivity contribution in [3.05, 3.63) is 20.8 Å². The van der Waals surface area contributed by atoms with Crippen molar-refractivity contribution in [3.8, 4) is 6.07 Å². The van der Waals surface area contributed by atoms with Gasteiger partial charge in [-0.1, -0.05) is 31.5 Å². The number of aromatic nitrogens is 2. The molecule has 2 aromatic rings. The highest BCUT2D eigenvalue weighted by Crippen LogP contribution is 2.36. The van der Waals surface area contributed by atoms with Gasteiger partial charge >= 0.3 is 0 Å². The minimum absolute atomic E-state index is 0.0955. The molecule has 0 spiro atoms. The Hall–Kier alpha value is -1.32. The van der Waals surface area contributed by atoms with Crippen LogP contribution in [0.2, 0.25) is 0 Å². The summed E-state index contributed by atoms with van der Waals surface area (Å²) in [7, 11) is 0. The maximum Gasteiger partial charge on any atom is 0.263 e. The first-order valence-electron chi connectivity index (χ1n) is 8.27. The lowest BCUT2D eigenvalue weighted by molar-refractivity contribution is 0.541. The average Bonchev–Trinajstić information content (AvgIpc) is 3.10. The SMILES string of the molecule is CCCCCn1c(SC(C)C#N)nc2sc3c(c2c1=O)CCC3. The topological polar surface area (TPSA) is 58.7 Å². The van der Waals surface area contributed by atoms with Gasteiger partial charge in [0, 0.05) is 11.4 Å². The Morgan fingerprint density at radius 3 is 3.00 bits per heavy atom. The smallest absolute Gasteiger partial charge is 0.263 e.